The van der Waals surface area contributed by atoms with E-state index in [-0.39, 0.29) is 12.2 Å². The van der Waals surface area contributed by atoms with Gasteiger partial charge in [-0.1, -0.05) is 41.7 Å². The Hall–Kier alpha value is -4.48. The van der Waals surface area contributed by atoms with Crippen LogP contribution in [-0.2, 0) is 0 Å². The molecule has 0 N–H and O–H groups in total. The molecule has 6 aromatic rings. The second kappa shape index (κ2) is 9.92. The highest BCUT2D eigenvalue weighted by Crippen LogP contribution is 2.35. The second-order valence-corrected chi connectivity index (χ2v) is 10.9. The molecule has 0 fully saturated rings. The average Bonchev–Trinajstić information content (AvgIpc) is 3.68. The number of hydrogen-bond acceptors (Lipinski definition) is 8. The number of aromatic nitrogens is 5. The molecule has 0 saturated heterocycles. The van der Waals surface area contributed by atoms with Gasteiger partial charge in [0.25, 0.3) is 5.56 Å². The zero-order valence-electron chi connectivity index (χ0n) is 21.0. The van der Waals surface area contributed by atoms with Crippen molar-refractivity contribution in [1.29, 1.82) is 0 Å². The number of benzene rings is 3. The van der Waals surface area contributed by atoms with Crippen LogP contribution in [0.3, 0.4) is 0 Å². The molecule has 9 nitrogen and oxygen atoms in total. The van der Waals surface area contributed by atoms with Gasteiger partial charge in [-0.15, -0.1) is 5.10 Å². The standard InChI is InChI=1S/C29H20BrN5O4S/c1-37-21-12-11-17(13-20(21)30)26-18(15-34(32-26)19-7-3-2-4-8-19)14-25-28(36)35-29(40-25)31-27(33-35)24-16-38-22-9-5-6-10-23(22)39-24/h2-15,24H,16H2,1H3/b25-14-. The van der Waals surface area contributed by atoms with Gasteiger partial charge in [0.2, 0.25) is 4.96 Å². The van der Waals surface area contributed by atoms with E-state index in [2.05, 4.69) is 26.0 Å². The molecule has 1 atom stereocenters. The number of nitrogens with zero attached hydrogens (tertiary/aromatic N) is 5. The summed E-state index contributed by atoms with van der Waals surface area (Å²) in [4.78, 5) is 18.5. The minimum Gasteiger partial charge on any atom is -0.496 e. The summed E-state index contributed by atoms with van der Waals surface area (Å²) in [6.07, 6.45) is 3.24. The molecule has 7 rings (SSSR count). The van der Waals surface area contributed by atoms with Gasteiger partial charge >= 0.3 is 0 Å². The van der Waals surface area contributed by atoms with Crippen LogP contribution in [0.5, 0.6) is 17.2 Å². The number of ether oxygens (including phenoxy) is 3. The van der Waals surface area contributed by atoms with Gasteiger partial charge in [0.1, 0.15) is 18.1 Å². The van der Waals surface area contributed by atoms with Gasteiger partial charge in [-0.2, -0.15) is 14.6 Å². The molecule has 1 aliphatic heterocycles. The van der Waals surface area contributed by atoms with Crippen LogP contribution >= 0.6 is 27.3 Å². The maximum absolute atomic E-state index is 13.4. The van der Waals surface area contributed by atoms with Gasteiger partial charge in [0.05, 0.1) is 21.8 Å². The summed E-state index contributed by atoms with van der Waals surface area (Å²) in [6.45, 7) is 0.265. The summed E-state index contributed by atoms with van der Waals surface area (Å²) < 4.78 is 21.6. The summed E-state index contributed by atoms with van der Waals surface area (Å²) in [5, 5.41) is 9.34. The van der Waals surface area contributed by atoms with Crippen LogP contribution in [0.4, 0.5) is 0 Å². The normalized spacial score (nSPS) is 15.1. The van der Waals surface area contributed by atoms with Crippen molar-refractivity contribution >= 4 is 38.3 Å². The first-order valence-electron chi connectivity index (χ1n) is 12.4. The number of halogens is 1. The van der Waals surface area contributed by atoms with E-state index >= 15 is 0 Å². The first-order chi connectivity index (χ1) is 19.6. The van der Waals surface area contributed by atoms with Crippen LogP contribution in [0.2, 0.25) is 0 Å². The third-order valence-corrected chi connectivity index (χ3v) is 8.05. The lowest BCUT2D eigenvalue weighted by Crippen LogP contribution is -2.26. The molecular weight excluding hydrogens is 594 g/mol. The molecule has 0 aliphatic carbocycles. The molecule has 0 amide bonds. The third-order valence-electron chi connectivity index (χ3n) is 6.47. The van der Waals surface area contributed by atoms with Crippen molar-refractivity contribution in [3.63, 3.8) is 0 Å². The fraction of sp³-hybridized carbons (Fsp3) is 0.103. The van der Waals surface area contributed by atoms with Crippen molar-refractivity contribution in [3.05, 3.63) is 110 Å². The van der Waals surface area contributed by atoms with Crippen LogP contribution in [0.1, 0.15) is 17.5 Å². The van der Waals surface area contributed by atoms with Gasteiger partial charge < -0.3 is 14.2 Å². The molecule has 3 aromatic carbocycles. The van der Waals surface area contributed by atoms with Crippen LogP contribution in [0, 0.1) is 0 Å². The maximum atomic E-state index is 13.4. The Labute approximate surface area is 240 Å². The molecular formula is C29H20BrN5O4S. The van der Waals surface area contributed by atoms with Crippen LogP contribution in [0.15, 0.2) is 88.3 Å². The SMILES string of the molecule is COc1ccc(-c2nn(-c3ccccc3)cc2/C=c2\sc3nc(C4COc5ccccc5O4)nn3c2=O)cc1Br. The first-order valence-corrected chi connectivity index (χ1v) is 14.0. The first kappa shape index (κ1) is 24.6. The number of fused-ring (bicyclic) bond motifs is 2. The minimum absolute atomic E-state index is 0.259. The van der Waals surface area contributed by atoms with E-state index in [1.54, 1.807) is 11.8 Å². The lowest BCUT2D eigenvalue weighted by molar-refractivity contribution is 0.0852. The Balaban J connectivity index is 1.29. The lowest BCUT2D eigenvalue weighted by Gasteiger charge is -2.24. The summed E-state index contributed by atoms with van der Waals surface area (Å²) >= 11 is 4.84. The number of methoxy groups -OCH3 is 1. The van der Waals surface area contributed by atoms with Crippen LogP contribution in [-0.4, -0.2) is 38.1 Å². The average molecular weight is 614 g/mol. The van der Waals surface area contributed by atoms with Crippen molar-refractivity contribution in [2.24, 2.45) is 0 Å². The summed E-state index contributed by atoms with van der Waals surface area (Å²) in [7, 11) is 1.62. The molecule has 0 saturated carbocycles. The quantitative estimate of drug-likeness (QED) is 0.275. The molecule has 0 radical (unpaired) electrons. The lowest BCUT2D eigenvalue weighted by atomic mass is 10.1. The summed E-state index contributed by atoms with van der Waals surface area (Å²) in [5.74, 6) is 2.43. The smallest absolute Gasteiger partial charge is 0.291 e. The molecule has 198 valence electrons. The highest BCUT2D eigenvalue weighted by atomic mass is 79.9. The van der Waals surface area contributed by atoms with Crippen molar-refractivity contribution in [2.45, 2.75) is 6.10 Å². The van der Waals surface area contributed by atoms with Crippen LogP contribution in [0.25, 0.3) is 28.0 Å². The van der Waals surface area contributed by atoms with Crippen molar-refractivity contribution in [1.82, 2.24) is 24.4 Å². The van der Waals surface area contributed by atoms with Crippen molar-refractivity contribution in [2.75, 3.05) is 13.7 Å². The monoisotopic (exact) mass is 613 g/mol. The number of rotatable bonds is 5. The molecule has 0 bridgehead atoms. The van der Waals surface area contributed by atoms with Gasteiger partial charge in [0.15, 0.2) is 23.4 Å². The maximum Gasteiger partial charge on any atom is 0.291 e. The van der Waals surface area contributed by atoms with E-state index in [0.717, 1.165) is 32.7 Å². The zero-order valence-corrected chi connectivity index (χ0v) is 23.4. The van der Waals surface area contributed by atoms with Gasteiger partial charge in [-0.05, 0) is 64.5 Å². The second-order valence-electron chi connectivity index (χ2n) is 9.01. The minimum atomic E-state index is -0.502. The number of thiazole rings is 1. The molecule has 40 heavy (non-hydrogen) atoms. The molecule has 1 aliphatic rings. The van der Waals surface area contributed by atoms with E-state index < -0.39 is 6.10 Å². The Morgan fingerprint density at radius 1 is 1.05 bits per heavy atom. The predicted molar refractivity (Wildman–Crippen MR) is 154 cm³/mol. The largest absolute Gasteiger partial charge is 0.496 e. The molecule has 3 aromatic heterocycles. The van der Waals surface area contributed by atoms with Crippen molar-refractivity contribution < 1.29 is 14.2 Å². The summed E-state index contributed by atoms with van der Waals surface area (Å²) in [5.41, 5.74) is 3.02. The highest BCUT2D eigenvalue weighted by molar-refractivity contribution is 9.10. The topological polar surface area (TPSA) is 92.8 Å². The van der Waals surface area contributed by atoms with E-state index in [9.17, 15) is 4.79 Å². The van der Waals surface area contributed by atoms with E-state index in [4.69, 9.17) is 19.3 Å². The Morgan fingerprint density at radius 3 is 2.62 bits per heavy atom. The van der Waals surface area contributed by atoms with Gasteiger partial charge in [-0.25, -0.2) is 4.68 Å². The van der Waals surface area contributed by atoms with Gasteiger partial charge in [-0.3, -0.25) is 4.79 Å². The fourth-order valence-corrected chi connectivity index (χ4v) is 5.96. The Morgan fingerprint density at radius 2 is 1.85 bits per heavy atom. The Bertz CT molecular complexity index is 1990. The third kappa shape index (κ3) is 4.33. The predicted octanol–water partition coefficient (Wildman–Crippen LogP) is 4.84. The fourth-order valence-electron chi connectivity index (χ4n) is 4.52. The number of hydrogen-bond donors (Lipinski definition) is 0. The van der Waals surface area contributed by atoms with E-state index in [1.807, 2.05) is 85.1 Å². The zero-order chi connectivity index (χ0) is 27.2. The van der Waals surface area contributed by atoms with Crippen LogP contribution < -0.4 is 24.3 Å². The van der Waals surface area contributed by atoms with Gasteiger partial charge in [0, 0.05) is 17.3 Å². The Kier molecular flexibility index (Phi) is 6.09. The highest BCUT2D eigenvalue weighted by Gasteiger charge is 2.27. The molecule has 1 unspecified atom stereocenters. The summed E-state index contributed by atoms with van der Waals surface area (Å²) in [6, 6.07) is 23.0. The molecule has 11 heteroatoms. The van der Waals surface area contributed by atoms with Crippen molar-refractivity contribution in [3.8, 4) is 34.2 Å². The van der Waals surface area contributed by atoms with E-state index in [1.165, 1.54) is 15.9 Å². The molecule has 0 spiro atoms. The molecule has 4 heterocycles. The van der Waals surface area contributed by atoms with E-state index in [0.29, 0.717) is 26.8 Å². The number of para-hydroxylation sites is 3.